The highest BCUT2D eigenvalue weighted by Crippen LogP contribution is 2.22. The molecule has 0 spiro atoms. The highest BCUT2D eigenvalue weighted by atomic mass is 16.1. The second-order valence-electron chi connectivity index (χ2n) is 5.82. The monoisotopic (exact) mass is 292 g/mol. The number of ketones is 1. The summed E-state index contributed by atoms with van der Waals surface area (Å²) in [5, 5.41) is 6.60. The number of anilines is 2. The molecule has 3 rings (SSSR count). The van der Waals surface area contributed by atoms with Crippen molar-refractivity contribution in [3.05, 3.63) is 71.4 Å². The van der Waals surface area contributed by atoms with Gasteiger partial charge in [-0.2, -0.15) is 0 Å². The smallest absolute Gasteiger partial charge is 0.181 e. The van der Waals surface area contributed by atoms with Gasteiger partial charge in [0.1, 0.15) is 0 Å². The molecule has 0 saturated heterocycles. The molecule has 1 aliphatic rings. The summed E-state index contributed by atoms with van der Waals surface area (Å²) in [6, 6.07) is 16.3. The molecule has 3 heteroatoms. The summed E-state index contributed by atoms with van der Waals surface area (Å²) in [6.45, 7) is 4.11. The summed E-state index contributed by atoms with van der Waals surface area (Å²) >= 11 is 0. The van der Waals surface area contributed by atoms with Gasteiger partial charge in [-0.1, -0.05) is 35.4 Å². The summed E-state index contributed by atoms with van der Waals surface area (Å²) in [4.78, 5) is 12.1. The third kappa shape index (κ3) is 3.37. The summed E-state index contributed by atoms with van der Waals surface area (Å²) in [5.74, 6) is 0.144. The Morgan fingerprint density at radius 1 is 0.864 bits per heavy atom. The number of allylic oxidation sites excluding steroid dienone is 1. The van der Waals surface area contributed by atoms with Crippen LogP contribution in [-0.2, 0) is 4.79 Å². The quantitative estimate of drug-likeness (QED) is 0.893. The van der Waals surface area contributed by atoms with Crippen molar-refractivity contribution in [2.24, 2.45) is 0 Å². The average Bonchev–Trinajstić information content (AvgIpc) is 2.84. The summed E-state index contributed by atoms with van der Waals surface area (Å²) in [5.41, 5.74) is 5.09. The van der Waals surface area contributed by atoms with Crippen LogP contribution in [0.25, 0.3) is 0 Å². The molecule has 0 heterocycles. The van der Waals surface area contributed by atoms with Gasteiger partial charge in [0.2, 0.25) is 0 Å². The Morgan fingerprint density at radius 3 is 2.00 bits per heavy atom. The topological polar surface area (TPSA) is 41.1 Å². The first-order chi connectivity index (χ1) is 10.6. The third-order valence-corrected chi connectivity index (χ3v) is 3.81. The van der Waals surface area contributed by atoms with Gasteiger partial charge >= 0.3 is 0 Å². The number of nitrogens with one attached hydrogen (secondary N) is 2. The van der Waals surface area contributed by atoms with E-state index in [1.54, 1.807) is 0 Å². The van der Waals surface area contributed by atoms with E-state index in [1.807, 2.05) is 49.4 Å². The van der Waals surface area contributed by atoms with Crippen molar-refractivity contribution in [2.75, 3.05) is 10.6 Å². The Bertz CT molecular complexity index is 699. The number of rotatable bonds is 4. The number of benzene rings is 2. The van der Waals surface area contributed by atoms with Crippen LogP contribution >= 0.6 is 0 Å². The van der Waals surface area contributed by atoms with Crippen LogP contribution < -0.4 is 10.6 Å². The highest BCUT2D eigenvalue weighted by Gasteiger charge is 2.24. The van der Waals surface area contributed by atoms with Crippen LogP contribution in [0.1, 0.15) is 17.5 Å². The van der Waals surface area contributed by atoms with Crippen LogP contribution in [0.3, 0.4) is 0 Å². The summed E-state index contributed by atoms with van der Waals surface area (Å²) < 4.78 is 0. The molecule has 2 N–H and O–H groups in total. The van der Waals surface area contributed by atoms with E-state index in [-0.39, 0.29) is 11.8 Å². The number of aryl methyl sites for hydroxylation is 2. The van der Waals surface area contributed by atoms with Crippen molar-refractivity contribution in [3.8, 4) is 0 Å². The fraction of sp³-hybridized carbons (Fsp3) is 0.211. The minimum Gasteiger partial charge on any atom is -0.378 e. The van der Waals surface area contributed by atoms with E-state index in [0.717, 1.165) is 11.4 Å². The third-order valence-electron chi connectivity index (χ3n) is 3.81. The van der Waals surface area contributed by atoms with Gasteiger partial charge in [-0.05, 0) is 44.2 Å². The van der Waals surface area contributed by atoms with Crippen LogP contribution in [0.15, 0.2) is 60.3 Å². The second kappa shape index (κ2) is 6.06. The minimum atomic E-state index is 0.0446. The van der Waals surface area contributed by atoms with Crippen molar-refractivity contribution >= 4 is 17.2 Å². The number of Topliss-reactive ketones (excluding diaryl/α,β-unsaturated/α-hetero) is 1. The fourth-order valence-electron chi connectivity index (χ4n) is 2.52. The molecule has 2 aromatic rings. The zero-order valence-corrected chi connectivity index (χ0v) is 12.9. The van der Waals surface area contributed by atoms with Gasteiger partial charge < -0.3 is 10.6 Å². The highest BCUT2D eigenvalue weighted by molar-refractivity contribution is 6.01. The summed E-state index contributed by atoms with van der Waals surface area (Å²) in [6.07, 6.45) is 2.46. The molecule has 0 amide bonds. The Morgan fingerprint density at radius 2 is 1.41 bits per heavy atom. The first-order valence-electron chi connectivity index (χ1n) is 7.52. The van der Waals surface area contributed by atoms with E-state index in [9.17, 15) is 4.79 Å². The molecule has 22 heavy (non-hydrogen) atoms. The molecule has 0 bridgehead atoms. The molecule has 2 aromatic carbocycles. The fourth-order valence-corrected chi connectivity index (χ4v) is 2.52. The molecule has 1 atom stereocenters. The maximum Gasteiger partial charge on any atom is 0.181 e. The van der Waals surface area contributed by atoms with Crippen LogP contribution in [-0.4, -0.2) is 11.8 Å². The van der Waals surface area contributed by atoms with Gasteiger partial charge in [-0.25, -0.2) is 0 Å². The van der Waals surface area contributed by atoms with Gasteiger partial charge in [-0.3, -0.25) is 4.79 Å². The molecule has 0 saturated carbocycles. The number of hydrogen-bond acceptors (Lipinski definition) is 3. The first kappa shape index (κ1) is 14.4. The van der Waals surface area contributed by atoms with Crippen LogP contribution in [0, 0.1) is 13.8 Å². The van der Waals surface area contributed by atoms with Crippen molar-refractivity contribution in [2.45, 2.75) is 26.3 Å². The van der Waals surface area contributed by atoms with E-state index >= 15 is 0 Å². The first-order valence-corrected chi connectivity index (χ1v) is 7.52. The number of carbonyl (C=O) groups excluding carboxylic acids is 1. The lowest BCUT2D eigenvalue weighted by Crippen LogP contribution is -2.15. The molecule has 112 valence electrons. The van der Waals surface area contributed by atoms with E-state index in [2.05, 4.69) is 29.7 Å². The number of carbonyl (C=O) groups is 1. The minimum absolute atomic E-state index is 0.0446. The Labute approximate surface area is 131 Å². The Balaban J connectivity index is 1.68. The Hall–Kier alpha value is -2.55. The zero-order chi connectivity index (χ0) is 15.5. The average molecular weight is 292 g/mol. The van der Waals surface area contributed by atoms with Crippen molar-refractivity contribution in [1.29, 1.82) is 0 Å². The lowest BCUT2D eigenvalue weighted by atomic mass is 10.2. The largest absolute Gasteiger partial charge is 0.378 e. The van der Waals surface area contributed by atoms with E-state index in [0.29, 0.717) is 12.1 Å². The van der Waals surface area contributed by atoms with Crippen LogP contribution in [0.5, 0.6) is 0 Å². The molecular formula is C19H20N2O. The van der Waals surface area contributed by atoms with Gasteiger partial charge in [0.05, 0.1) is 11.7 Å². The molecule has 1 aliphatic carbocycles. The molecule has 0 radical (unpaired) electrons. The van der Waals surface area contributed by atoms with E-state index in [1.165, 1.54) is 11.1 Å². The van der Waals surface area contributed by atoms with Gasteiger partial charge in [0.25, 0.3) is 0 Å². The maximum atomic E-state index is 12.1. The molecule has 3 nitrogen and oxygen atoms in total. The predicted octanol–water partition coefficient (Wildman–Crippen LogP) is 4.05. The maximum absolute atomic E-state index is 12.1. The van der Waals surface area contributed by atoms with E-state index < -0.39 is 0 Å². The molecule has 0 aliphatic heterocycles. The van der Waals surface area contributed by atoms with Crippen molar-refractivity contribution in [3.63, 3.8) is 0 Å². The Kier molecular flexibility index (Phi) is 3.96. The molecule has 1 unspecified atom stereocenters. The lowest BCUT2D eigenvalue weighted by Gasteiger charge is -2.11. The van der Waals surface area contributed by atoms with Gasteiger partial charge in [0, 0.05) is 17.8 Å². The van der Waals surface area contributed by atoms with Crippen molar-refractivity contribution < 1.29 is 4.79 Å². The SMILES string of the molecule is Cc1ccc(NC2=CC(Nc3ccc(C)cc3)CC2=O)cc1. The van der Waals surface area contributed by atoms with E-state index in [4.69, 9.17) is 0 Å². The zero-order valence-electron chi connectivity index (χ0n) is 12.9. The molecule has 0 aromatic heterocycles. The van der Waals surface area contributed by atoms with Gasteiger partial charge in [-0.15, -0.1) is 0 Å². The van der Waals surface area contributed by atoms with Crippen LogP contribution in [0.2, 0.25) is 0 Å². The van der Waals surface area contributed by atoms with Crippen LogP contribution in [0.4, 0.5) is 11.4 Å². The summed E-state index contributed by atoms with van der Waals surface area (Å²) in [7, 11) is 0. The molecular weight excluding hydrogens is 272 g/mol. The predicted molar refractivity (Wildman–Crippen MR) is 91.1 cm³/mol. The lowest BCUT2D eigenvalue weighted by molar-refractivity contribution is -0.114. The van der Waals surface area contributed by atoms with Gasteiger partial charge in [0.15, 0.2) is 5.78 Å². The van der Waals surface area contributed by atoms with Crippen molar-refractivity contribution in [1.82, 2.24) is 0 Å². The normalized spacial score (nSPS) is 17.3. The molecule has 0 fully saturated rings. The second-order valence-corrected chi connectivity index (χ2v) is 5.82. The number of hydrogen-bond donors (Lipinski definition) is 2. The standard InChI is InChI=1S/C19H20N2O/c1-13-3-7-15(8-4-13)20-17-11-18(19(22)12-17)21-16-9-5-14(2)6-10-16/h3-11,17,20-21H,12H2,1-2H3.